The highest BCUT2D eigenvalue weighted by molar-refractivity contribution is 6.62. The van der Waals surface area contributed by atoms with E-state index in [0.29, 0.717) is 0 Å². The fourth-order valence-electron chi connectivity index (χ4n) is 2.15. The Kier molecular flexibility index (Phi) is 1.85. The maximum Gasteiger partial charge on any atom is 0.494 e. The van der Waals surface area contributed by atoms with Gasteiger partial charge >= 0.3 is 7.12 Å². The SMILES string of the molecule is [2H]c1c([2H])c(-c2c([2H])c([2H])c3c([2H])c([2H])c([2H])c([2H])c3c2[2H])c([2H])c([2H])c1B1OC([CH])([CH])C([CH])([CH])O1. The first kappa shape index (κ1) is 8.07. The molecule has 0 bridgehead atoms. The van der Waals surface area contributed by atoms with E-state index in [2.05, 4.69) is 0 Å². The molecule has 3 aromatic rings. The minimum absolute atomic E-state index is 0.371. The molecule has 0 saturated carbocycles. The largest absolute Gasteiger partial charge is 0.494 e. The van der Waals surface area contributed by atoms with E-state index < -0.39 is 107 Å². The predicted octanol–water partition coefficient (Wildman–Crippen LogP) is 3.57. The zero-order valence-electron chi connectivity index (χ0n) is 23.7. The van der Waals surface area contributed by atoms with Crippen LogP contribution in [-0.2, 0) is 9.31 Å². The number of hydrogen-bond acceptors (Lipinski definition) is 2. The van der Waals surface area contributed by atoms with Crippen molar-refractivity contribution >= 4 is 23.4 Å². The van der Waals surface area contributed by atoms with Gasteiger partial charge < -0.3 is 9.31 Å². The van der Waals surface area contributed by atoms with E-state index in [9.17, 15) is 0 Å². The zero-order chi connectivity index (χ0) is 27.2. The van der Waals surface area contributed by atoms with Crippen LogP contribution in [0.2, 0.25) is 0 Å². The molecule has 3 heteroatoms. The summed E-state index contributed by atoms with van der Waals surface area (Å²) in [6.45, 7) is 22.7. The lowest BCUT2D eigenvalue weighted by Crippen LogP contribution is -2.43. The molecule has 1 fully saturated rings. The first-order valence-electron chi connectivity index (χ1n) is 12.6. The van der Waals surface area contributed by atoms with Gasteiger partial charge in [-0.25, -0.2) is 0 Å². The lowest BCUT2D eigenvalue weighted by Gasteiger charge is -2.30. The van der Waals surface area contributed by atoms with Gasteiger partial charge in [0.1, 0.15) is 0 Å². The van der Waals surface area contributed by atoms with Crippen molar-refractivity contribution in [1.82, 2.24) is 0 Å². The fraction of sp³-hybridized carbons (Fsp3) is 0.0909. The van der Waals surface area contributed by atoms with Crippen molar-refractivity contribution in [1.29, 1.82) is 0 Å². The average molecular weight is 333 g/mol. The highest BCUT2D eigenvalue weighted by atomic mass is 16.7. The molecule has 0 N–H and O–H groups in total. The smallest absolute Gasteiger partial charge is 0.398 e. The Morgan fingerprint density at radius 2 is 1.28 bits per heavy atom. The summed E-state index contributed by atoms with van der Waals surface area (Å²) in [6.07, 6.45) is 0. The Morgan fingerprint density at radius 3 is 1.92 bits per heavy atom. The maximum atomic E-state index is 8.62. The van der Waals surface area contributed by atoms with Gasteiger partial charge in [0.15, 0.2) is 0 Å². The number of hydrogen-bond donors (Lipinski definition) is 0. The van der Waals surface area contributed by atoms with Crippen molar-refractivity contribution in [2.24, 2.45) is 0 Å². The van der Waals surface area contributed by atoms with Crippen LogP contribution in [0.5, 0.6) is 0 Å². The first-order valence-corrected chi connectivity index (χ1v) is 7.07. The average Bonchev–Trinajstić information content (AvgIpc) is 3.00. The Bertz CT molecular complexity index is 1420. The summed E-state index contributed by atoms with van der Waals surface area (Å²) in [7, 11) is -1.70. The van der Waals surface area contributed by atoms with Gasteiger partial charge in [-0.1, -0.05) is 60.4 Å². The lowest BCUT2D eigenvalue weighted by atomic mass is 9.78. The molecule has 3 aromatic carbocycles. The zero-order valence-corrected chi connectivity index (χ0v) is 12.7. The van der Waals surface area contributed by atoms with Crippen LogP contribution >= 0.6 is 0 Å². The molecule has 25 heavy (non-hydrogen) atoms. The molecule has 0 spiro atoms. The van der Waals surface area contributed by atoms with Crippen molar-refractivity contribution in [3.05, 3.63) is 94.2 Å². The van der Waals surface area contributed by atoms with Gasteiger partial charge in [0.05, 0.1) is 26.3 Å². The van der Waals surface area contributed by atoms with Crippen LogP contribution in [0.25, 0.3) is 21.9 Å². The molecule has 1 aliphatic rings. The van der Waals surface area contributed by atoms with Gasteiger partial charge in [-0.3, -0.25) is 0 Å². The second kappa shape index (κ2) is 5.72. The second-order valence-corrected chi connectivity index (χ2v) is 5.44. The number of rotatable bonds is 2. The Balaban J connectivity index is 2.07. The topological polar surface area (TPSA) is 18.5 Å². The summed E-state index contributed by atoms with van der Waals surface area (Å²) in [5, 5.41) is -0.767. The molecule has 0 unspecified atom stereocenters. The monoisotopic (exact) mass is 333 g/mol. The summed E-state index contributed by atoms with van der Waals surface area (Å²) in [5.41, 5.74) is -6.01. The molecular formula is C22H15BO2. The molecule has 8 radical (unpaired) electrons. The standard InChI is InChI=1S/C22H15BO2/c1-21(2)22(3,4)25-23(24-21)20-13-11-17(12-14-20)19-10-9-16-7-5-6-8-18(16)15-19/h1-15H/i5D,6D,7D,8D,9D,10D,11D,12D,13D,14D,15D. The molecule has 1 saturated heterocycles. The Morgan fingerprint density at radius 1 is 0.720 bits per heavy atom. The van der Waals surface area contributed by atoms with Crippen LogP contribution in [-0.4, -0.2) is 18.3 Å². The summed E-state index contributed by atoms with van der Waals surface area (Å²) in [4.78, 5) is 0. The van der Waals surface area contributed by atoms with E-state index in [0.717, 1.165) is 0 Å². The van der Waals surface area contributed by atoms with Crippen LogP contribution in [0.15, 0.2) is 66.5 Å². The molecule has 118 valence electrons. The van der Waals surface area contributed by atoms with E-state index in [1.54, 1.807) is 0 Å². The van der Waals surface area contributed by atoms with Gasteiger partial charge in [-0.15, -0.1) is 0 Å². The number of fused-ring (bicyclic) bond motifs is 1. The van der Waals surface area contributed by atoms with Crippen molar-refractivity contribution < 1.29 is 24.4 Å². The van der Waals surface area contributed by atoms with E-state index >= 15 is 0 Å². The fourth-order valence-corrected chi connectivity index (χ4v) is 2.15. The molecule has 0 atom stereocenters. The van der Waals surface area contributed by atoms with Crippen LogP contribution in [0.4, 0.5) is 0 Å². The summed E-state index contributed by atoms with van der Waals surface area (Å²) < 4.78 is 102. The molecule has 2 nitrogen and oxygen atoms in total. The van der Waals surface area contributed by atoms with E-state index in [1.165, 1.54) is 0 Å². The van der Waals surface area contributed by atoms with Gasteiger partial charge in [0.2, 0.25) is 0 Å². The Labute approximate surface area is 165 Å². The quantitative estimate of drug-likeness (QED) is 0.668. The normalized spacial score (nSPS) is 24.8. The molecule has 1 heterocycles. The molecule has 4 rings (SSSR count). The highest BCUT2D eigenvalue weighted by Gasteiger charge is 2.52. The van der Waals surface area contributed by atoms with Crippen molar-refractivity contribution in [3.63, 3.8) is 0 Å². The van der Waals surface area contributed by atoms with E-state index in [4.69, 9.17) is 52.1 Å². The van der Waals surface area contributed by atoms with Gasteiger partial charge in [-0.05, 0) is 33.4 Å². The highest BCUT2D eigenvalue weighted by Crippen LogP contribution is 2.35. The van der Waals surface area contributed by atoms with Gasteiger partial charge in [0, 0.05) is 27.7 Å². The Hall–Kier alpha value is -2.10. The minimum atomic E-state index is -2.25. The van der Waals surface area contributed by atoms with Crippen LogP contribution in [0.1, 0.15) is 15.1 Å². The third kappa shape index (κ3) is 2.88. The first-order chi connectivity index (χ1) is 16.5. The minimum Gasteiger partial charge on any atom is -0.398 e. The van der Waals surface area contributed by atoms with E-state index in [-0.39, 0.29) is 5.39 Å². The maximum absolute atomic E-state index is 8.62. The predicted molar refractivity (Wildman–Crippen MR) is 99.6 cm³/mol. The van der Waals surface area contributed by atoms with Crippen molar-refractivity contribution in [3.8, 4) is 11.1 Å². The molecule has 0 aliphatic carbocycles. The van der Waals surface area contributed by atoms with Crippen LogP contribution in [0, 0.1) is 27.7 Å². The molecule has 0 aromatic heterocycles. The van der Waals surface area contributed by atoms with E-state index in [1.807, 2.05) is 0 Å². The lowest BCUT2D eigenvalue weighted by molar-refractivity contribution is 0.0917. The van der Waals surface area contributed by atoms with Crippen molar-refractivity contribution in [2.45, 2.75) is 11.2 Å². The summed E-state index contributed by atoms with van der Waals surface area (Å²) in [6, 6.07) is -7.55. The third-order valence-electron chi connectivity index (χ3n) is 3.59. The van der Waals surface area contributed by atoms with Gasteiger partial charge in [-0.2, -0.15) is 0 Å². The molecular weight excluding hydrogens is 307 g/mol. The molecule has 0 amide bonds. The third-order valence-corrected chi connectivity index (χ3v) is 3.59. The van der Waals surface area contributed by atoms with Gasteiger partial charge in [0.25, 0.3) is 0 Å². The summed E-state index contributed by atoms with van der Waals surface area (Å²) in [5.74, 6) is 0. The summed E-state index contributed by atoms with van der Waals surface area (Å²) >= 11 is 0. The molecule has 1 aliphatic heterocycles. The number of benzene rings is 3. The second-order valence-electron chi connectivity index (χ2n) is 5.44. The van der Waals surface area contributed by atoms with Crippen LogP contribution < -0.4 is 5.46 Å². The van der Waals surface area contributed by atoms with Crippen molar-refractivity contribution in [2.75, 3.05) is 0 Å². The van der Waals surface area contributed by atoms with Crippen LogP contribution in [0.3, 0.4) is 0 Å².